The third-order valence-electron chi connectivity index (χ3n) is 2.50. The molecule has 0 unspecified atom stereocenters. The van der Waals surface area contributed by atoms with Crippen LogP contribution in [0.15, 0.2) is 42.0 Å². The first-order valence-electron chi connectivity index (χ1n) is 5.64. The van der Waals surface area contributed by atoms with Gasteiger partial charge in [-0.15, -0.1) is 11.3 Å². The molecule has 0 aliphatic carbocycles. The predicted molar refractivity (Wildman–Crippen MR) is 75.3 cm³/mol. The molecule has 0 saturated carbocycles. The zero-order valence-corrected chi connectivity index (χ0v) is 11.1. The first kappa shape index (κ1) is 13.2. The SMILES string of the molecule is CNC(=O)c1ccc(/C=C/C(=O)c2cncs2)cc1. The van der Waals surface area contributed by atoms with Crippen molar-refractivity contribution in [2.75, 3.05) is 7.05 Å². The van der Waals surface area contributed by atoms with Crippen LogP contribution < -0.4 is 5.32 Å². The van der Waals surface area contributed by atoms with Crippen molar-refractivity contribution in [3.8, 4) is 0 Å². The molecule has 1 aromatic heterocycles. The lowest BCUT2D eigenvalue weighted by atomic mass is 10.1. The Kier molecular flexibility index (Phi) is 4.20. The van der Waals surface area contributed by atoms with Crippen LogP contribution in [0.25, 0.3) is 6.08 Å². The molecule has 2 rings (SSSR count). The molecular formula is C14H12N2O2S. The Bertz CT molecular complexity index is 601. The van der Waals surface area contributed by atoms with Gasteiger partial charge in [-0.3, -0.25) is 14.6 Å². The maximum atomic E-state index is 11.7. The number of nitrogens with one attached hydrogen (secondary N) is 1. The first-order chi connectivity index (χ1) is 9.20. The zero-order chi connectivity index (χ0) is 13.7. The van der Waals surface area contributed by atoms with Gasteiger partial charge in [0.1, 0.15) is 0 Å². The van der Waals surface area contributed by atoms with Gasteiger partial charge in [0.25, 0.3) is 5.91 Å². The molecule has 2 aromatic rings. The fraction of sp³-hybridized carbons (Fsp3) is 0.0714. The summed E-state index contributed by atoms with van der Waals surface area (Å²) in [7, 11) is 1.59. The zero-order valence-electron chi connectivity index (χ0n) is 10.3. The van der Waals surface area contributed by atoms with Gasteiger partial charge in [0.05, 0.1) is 10.4 Å². The molecule has 4 nitrogen and oxygen atoms in total. The van der Waals surface area contributed by atoms with Crippen LogP contribution in [0.5, 0.6) is 0 Å². The smallest absolute Gasteiger partial charge is 0.251 e. The Morgan fingerprint density at radius 1 is 1.26 bits per heavy atom. The number of nitrogens with zero attached hydrogens (tertiary/aromatic N) is 1. The topological polar surface area (TPSA) is 59.1 Å². The molecule has 0 atom stereocenters. The van der Waals surface area contributed by atoms with Gasteiger partial charge in [0.15, 0.2) is 5.78 Å². The number of carbonyl (C=O) groups is 2. The molecule has 1 N–H and O–H groups in total. The van der Waals surface area contributed by atoms with Gasteiger partial charge in [-0.05, 0) is 23.8 Å². The number of thiazole rings is 1. The molecule has 19 heavy (non-hydrogen) atoms. The van der Waals surface area contributed by atoms with E-state index in [-0.39, 0.29) is 11.7 Å². The van der Waals surface area contributed by atoms with Crippen LogP contribution in [-0.4, -0.2) is 23.7 Å². The maximum absolute atomic E-state index is 11.7. The number of carbonyl (C=O) groups excluding carboxylic acids is 2. The molecule has 1 heterocycles. The van der Waals surface area contributed by atoms with E-state index >= 15 is 0 Å². The standard InChI is InChI=1S/C14H12N2O2S/c1-15-14(18)11-5-2-10(3-6-11)4-7-12(17)13-8-16-9-19-13/h2-9H,1H3,(H,15,18)/b7-4+. The van der Waals surface area contributed by atoms with Crippen LogP contribution >= 0.6 is 11.3 Å². The van der Waals surface area contributed by atoms with Gasteiger partial charge in [-0.1, -0.05) is 18.2 Å². The van der Waals surface area contributed by atoms with Crippen LogP contribution in [0.4, 0.5) is 0 Å². The highest BCUT2D eigenvalue weighted by Gasteiger charge is 2.03. The number of rotatable bonds is 4. The van der Waals surface area contributed by atoms with Gasteiger partial charge in [0.2, 0.25) is 0 Å². The molecule has 0 saturated heterocycles. The van der Waals surface area contributed by atoms with Gasteiger partial charge < -0.3 is 5.32 Å². The monoisotopic (exact) mass is 272 g/mol. The van der Waals surface area contributed by atoms with Gasteiger partial charge in [0, 0.05) is 18.8 Å². The van der Waals surface area contributed by atoms with Crippen LogP contribution in [0, 0.1) is 0 Å². The minimum atomic E-state index is -0.128. The van der Waals surface area contributed by atoms with Crippen molar-refractivity contribution >= 4 is 29.1 Å². The first-order valence-corrected chi connectivity index (χ1v) is 6.51. The van der Waals surface area contributed by atoms with E-state index in [1.54, 1.807) is 49.1 Å². The average molecular weight is 272 g/mol. The van der Waals surface area contributed by atoms with E-state index in [2.05, 4.69) is 10.3 Å². The Hall–Kier alpha value is -2.27. The summed E-state index contributed by atoms with van der Waals surface area (Å²) in [4.78, 5) is 27.5. The highest BCUT2D eigenvalue weighted by atomic mass is 32.1. The molecule has 0 aliphatic rings. The molecule has 96 valence electrons. The molecule has 0 spiro atoms. The number of benzene rings is 1. The van der Waals surface area contributed by atoms with Crippen molar-refractivity contribution < 1.29 is 9.59 Å². The lowest BCUT2D eigenvalue weighted by Gasteiger charge is -1.99. The number of allylic oxidation sites excluding steroid dienone is 1. The van der Waals surface area contributed by atoms with E-state index in [9.17, 15) is 9.59 Å². The molecule has 0 radical (unpaired) electrons. The lowest BCUT2D eigenvalue weighted by Crippen LogP contribution is -2.17. The maximum Gasteiger partial charge on any atom is 0.251 e. The van der Waals surface area contributed by atoms with E-state index in [4.69, 9.17) is 0 Å². The summed E-state index contributed by atoms with van der Waals surface area (Å²) in [5, 5.41) is 2.55. The normalized spacial score (nSPS) is 10.6. The van der Waals surface area contributed by atoms with E-state index in [0.717, 1.165) is 5.56 Å². The average Bonchev–Trinajstić information content (AvgIpc) is 2.98. The van der Waals surface area contributed by atoms with Crippen LogP contribution in [-0.2, 0) is 0 Å². The molecule has 0 bridgehead atoms. The number of ketones is 1. The summed E-state index contributed by atoms with van der Waals surface area (Å²) in [5.41, 5.74) is 3.08. The molecule has 1 amide bonds. The summed E-state index contributed by atoms with van der Waals surface area (Å²) < 4.78 is 0. The van der Waals surface area contributed by atoms with Crippen LogP contribution in [0.3, 0.4) is 0 Å². The number of aromatic nitrogens is 1. The number of amides is 1. The number of hydrogen-bond acceptors (Lipinski definition) is 4. The second-order valence-electron chi connectivity index (χ2n) is 3.76. The van der Waals surface area contributed by atoms with Gasteiger partial charge >= 0.3 is 0 Å². The van der Waals surface area contributed by atoms with Gasteiger partial charge in [-0.2, -0.15) is 0 Å². The van der Waals surface area contributed by atoms with E-state index in [1.807, 2.05) is 0 Å². The molecule has 0 fully saturated rings. The third kappa shape index (κ3) is 3.35. The van der Waals surface area contributed by atoms with Crippen molar-refractivity contribution in [3.05, 3.63) is 58.1 Å². The minimum Gasteiger partial charge on any atom is -0.355 e. The predicted octanol–water partition coefficient (Wildman–Crippen LogP) is 2.40. The Morgan fingerprint density at radius 2 is 2.00 bits per heavy atom. The fourth-order valence-corrected chi connectivity index (χ4v) is 2.02. The van der Waals surface area contributed by atoms with Crippen molar-refractivity contribution in [2.45, 2.75) is 0 Å². The second kappa shape index (κ2) is 6.06. The highest BCUT2D eigenvalue weighted by molar-refractivity contribution is 7.11. The van der Waals surface area contributed by atoms with Crippen molar-refractivity contribution in [1.82, 2.24) is 10.3 Å². The van der Waals surface area contributed by atoms with Crippen molar-refractivity contribution in [2.24, 2.45) is 0 Å². The summed E-state index contributed by atoms with van der Waals surface area (Å²) >= 11 is 1.31. The second-order valence-corrected chi connectivity index (χ2v) is 4.65. The Labute approximate surface area is 114 Å². The highest BCUT2D eigenvalue weighted by Crippen LogP contribution is 2.10. The molecular weight excluding hydrogens is 260 g/mol. The van der Waals surface area contributed by atoms with Gasteiger partial charge in [-0.25, -0.2) is 0 Å². The molecule has 5 heteroatoms. The minimum absolute atomic E-state index is 0.0714. The Balaban J connectivity index is 2.07. The largest absolute Gasteiger partial charge is 0.355 e. The lowest BCUT2D eigenvalue weighted by molar-refractivity contribution is 0.0962. The Morgan fingerprint density at radius 3 is 2.58 bits per heavy atom. The van der Waals surface area contributed by atoms with Crippen LogP contribution in [0.2, 0.25) is 0 Å². The summed E-state index contributed by atoms with van der Waals surface area (Å²) in [6.45, 7) is 0. The summed E-state index contributed by atoms with van der Waals surface area (Å²) in [6, 6.07) is 7.02. The third-order valence-corrected chi connectivity index (χ3v) is 3.29. The van der Waals surface area contributed by atoms with Crippen molar-refractivity contribution in [3.63, 3.8) is 0 Å². The molecule has 1 aromatic carbocycles. The fourth-order valence-electron chi connectivity index (χ4n) is 1.48. The number of hydrogen-bond donors (Lipinski definition) is 1. The quantitative estimate of drug-likeness (QED) is 0.686. The summed E-state index contributed by atoms with van der Waals surface area (Å²) in [6.07, 6.45) is 4.77. The van der Waals surface area contributed by atoms with E-state index in [0.29, 0.717) is 10.4 Å². The summed E-state index contributed by atoms with van der Waals surface area (Å²) in [5.74, 6) is -0.200. The van der Waals surface area contributed by atoms with Crippen LogP contribution in [0.1, 0.15) is 25.6 Å². The van der Waals surface area contributed by atoms with Crippen molar-refractivity contribution in [1.29, 1.82) is 0 Å². The van der Waals surface area contributed by atoms with E-state index < -0.39 is 0 Å². The molecule has 0 aliphatic heterocycles. The van der Waals surface area contributed by atoms with E-state index in [1.165, 1.54) is 17.4 Å².